The first kappa shape index (κ1) is 10.9. The van der Waals surface area contributed by atoms with Crippen molar-refractivity contribution in [2.45, 2.75) is 19.8 Å². The molecule has 1 fully saturated rings. The smallest absolute Gasteiger partial charge is 0.257 e. The minimum atomic E-state index is 0.000000000000000444. The van der Waals surface area contributed by atoms with Gasteiger partial charge in [-0.05, 0) is 37.8 Å². The van der Waals surface area contributed by atoms with Crippen molar-refractivity contribution in [2.75, 3.05) is 18.8 Å². The molecule has 0 unspecified atom stereocenters. The van der Waals surface area contributed by atoms with Crippen molar-refractivity contribution in [1.82, 2.24) is 9.88 Å². The van der Waals surface area contributed by atoms with E-state index >= 15 is 0 Å². The number of anilines is 1. The number of aromatic nitrogens is 1. The molecule has 16 heavy (non-hydrogen) atoms. The highest BCUT2D eigenvalue weighted by atomic mass is 16.2. The number of nitrogens with two attached hydrogens (primary N) is 1. The minimum Gasteiger partial charge on any atom is -0.383 e. The Hall–Kier alpha value is -1.58. The van der Waals surface area contributed by atoms with E-state index in [0.29, 0.717) is 17.3 Å². The third-order valence-electron chi connectivity index (χ3n) is 2.91. The number of amides is 1. The predicted molar refractivity (Wildman–Crippen MR) is 63.0 cm³/mol. The van der Waals surface area contributed by atoms with Crippen molar-refractivity contribution < 1.29 is 4.79 Å². The van der Waals surface area contributed by atoms with Gasteiger partial charge in [0.2, 0.25) is 0 Å². The summed E-state index contributed by atoms with van der Waals surface area (Å²) in [5.41, 5.74) is 6.22. The van der Waals surface area contributed by atoms with E-state index in [4.69, 9.17) is 5.73 Å². The minimum absolute atomic E-state index is 0.000000000000000444. The van der Waals surface area contributed by atoms with Crippen LogP contribution in [0.4, 0.5) is 5.82 Å². The fourth-order valence-electron chi connectivity index (χ4n) is 1.74. The maximum atomic E-state index is 12.2. The predicted octanol–water partition coefficient (Wildman–Crippen LogP) is 1.54. The molecule has 2 rings (SSSR count). The average Bonchev–Trinajstić information content (AvgIpc) is 3.09. The largest absolute Gasteiger partial charge is 0.383 e. The molecule has 1 aliphatic rings. The molecular formula is C12H17N3O. The number of pyridine rings is 1. The van der Waals surface area contributed by atoms with Crippen LogP contribution < -0.4 is 5.73 Å². The second kappa shape index (κ2) is 4.51. The van der Waals surface area contributed by atoms with Gasteiger partial charge in [0, 0.05) is 19.3 Å². The second-order valence-electron chi connectivity index (χ2n) is 4.22. The first-order valence-electron chi connectivity index (χ1n) is 5.72. The molecule has 1 heterocycles. The lowest BCUT2D eigenvalue weighted by molar-refractivity contribution is 0.0757. The van der Waals surface area contributed by atoms with Crippen molar-refractivity contribution >= 4 is 11.7 Å². The van der Waals surface area contributed by atoms with Crippen LogP contribution in [-0.4, -0.2) is 28.9 Å². The van der Waals surface area contributed by atoms with Gasteiger partial charge in [0.1, 0.15) is 5.82 Å². The van der Waals surface area contributed by atoms with Crippen LogP contribution in [0, 0.1) is 5.92 Å². The first-order chi connectivity index (χ1) is 7.72. The van der Waals surface area contributed by atoms with Gasteiger partial charge in [-0.25, -0.2) is 4.98 Å². The summed E-state index contributed by atoms with van der Waals surface area (Å²) in [6.45, 7) is 3.57. The second-order valence-corrected chi connectivity index (χ2v) is 4.22. The van der Waals surface area contributed by atoms with E-state index in [9.17, 15) is 4.79 Å². The Labute approximate surface area is 95.5 Å². The van der Waals surface area contributed by atoms with Crippen molar-refractivity contribution in [3.05, 3.63) is 23.9 Å². The Balaban J connectivity index is 2.12. The van der Waals surface area contributed by atoms with E-state index in [1.807, 2.05) is 11.8 Å². The molecule has 0 bridgehead atoms. The molecule has 0 atom stereocenters. The van der Waals surface area contributed by atoms with Crippen molar-refractivity contribution in [3.8, 4) is 0 Å². The molecule has 1 aliphatic carbocycles. The molecule has 86 valence electrons. The van der Waals surface area contributed by atoms with Gasteiger partial charge < -0.3 is 10.6 Å². The van der Waals surface area contributed by atoms with Crippen molar-refractivity contribution in [2.24, 2.45) is 5.92 Å². The number of carbonyl (C=O) groups is 1. The Morgan fingerprint density at radius 3 is 2.94 bits per heavy atom. The highest BCUT2D eigenvalue weighted by Gasteiger charge is 2.27. The molecule has 1 saturated carbocycles. The van der Waals surface area contributed by atoms with E-state index in [1.165, 1.54) is 12.8 Å². The van der Waals surface area contributed by atoms with Gasteiger partial charge in [-0.3, -0.25) is 4.79 Å². The highest BCUT2D eigenvalue weighted by molar-refractivity contribution is 5.98. The fraction of sp³-hybridized carbons (Fsp3) is 0.500. The Kier molecular flexibility index (Phi) is 3.08. The maximum absolute atomic E-state index is 12.2. The molecule has 0 aromatic carbocycles. The topological polar surface area (TPSA) is 59.2 Å². The average molecular weight is 219 g/mol. The van der Waals surface area contributed by atoms with Gasteiger partial charge in [0.05, 0.1) is 5.56 Å². The standard InChI is InChI=1S/C12H17N3O/c1-2-15(8-9-5-6-9)12(16)10-4-3-7-14-11(10)13/h3-4,7,9H,2,5-6,8H2,1H3,(H2,13,14). The monoisotopic (exact) mass is 219 g/mol. The molecule has 4 nitrogen and oxygen atoms in total. The third kappa shape index (κ3) is 2.32. The van der Waals surface area contributed by atoms with Gasteiger partial charge >= 0.3 is 0 Å². The molecule has 0 radical (unpaired) electrons. The number of carbonyl (C=O) groups excluding carboxylic acids is 1. The van der Waals surface area contributed by atoms with Gasteiger partial charge in [0.15, 0.2) is 0 Å². The normalized spacial score (nSPS) is 14.8. The number of hydrogen-bond donors (Lipinski definition) is 1. The van der Waals surface area contributed by atoms with Gasteiger partial charge in [-0.15, -0.1) is 0 Å². The lowest BCUT2D eigenvalue weighted by Crippen LogP contribution is -2.33. The number of nitrogens with zero attached hydrogens (tertiary/aromatic N) is 2. The van der Waals surface area contributed by atoms with Crippen LogP contribution in [-0.2, 0) is 0 Å². The Morgan fingerprint density at radius 1 is 1.62 bits per heavy atom. The maximum Gasteiger partial charge on any atom is 0.257 e. The van der Waals surface area contributed by atoms with Crippen molar-refractivity contribution in [3.63, 3.8) is 0 Å². The summed E-state index contributed by atoms with van der Waals surface area (Å²) in [5, 5.41) is 0. The van der Waals surface area contributed by atoms with Crippen LogP contribution in [0.15, 0.2) is 18.3 Å². The van der Waals surface area contributed by atoms with Gasteiger partial charge in [-0.2, -0.15) is 0 Å². The number of nitrogen functional groups attached to an aromatic ring is 1. The molecule has 0 spiro atoms. The van der Waals surface area contributed by atoms with Crippen LogP contribution >= 0.6 is 0 Å². The van der Waals surface area contributed by atoms with Crippen LogP contribution in [0.2, 0.25) is 0 Å². The molecule has 2 N–H and O–H groups in total. The van der Waals surface area contributed by atoms with Gasteiger partial charge in [0.25, 0.3) is 5.91 Å². The van der Waals surface area contributed by atoms with Crippen LogP contribution in [0.1, 0.15) is 30.1 Å². The summed E-state index contributed by atoms with van der Waals surface area (Å²) < 4.78 is 0. The molecule has 1 aromatic rings. The molecular weight excluding hydrogens is 202 g/mol. The summed E-state index contributed by atoms with van der Waals surface area (Å²) in [6, 6.07) is 3.48. The zero-order valence-corrected chi connectivity index (χ0v) is 9.52. The van der Waals surface area contributed by atoms with Crippen LogP contribution in [0.25, 0.3) is 0 Å². The summed E-state index contributed by atoms with van der Waals surface area (Å²) >= 11 is 0. The first-order valence-corrected chi connectivity index (χ1v) is 5.72. The fourth-order valence-corrected chi connectivity index (χ4v) is 1.74. The summed E-state index contributed by atoms with van der Waals surface area (Å²) in [5.74, 6) is 1.02. The van der Waals surface area contributed by atoms with Crippen LogP contribution in [0.5, 0.6) is 0 Å². The van der Waals surface area contributed by atoms with Gasteiger partial charge in [-0.1, -0.05) is 0 Å². The SMILES string of the molecule is CCN(CC1CC1)C(=O)c1cccnc1N. The van der Waals surface area contributed by atoms with Crippen LogP contribution in [0.3, 0.4) is 0 Å². The quantitative estimate of drug-likeness (QED) is 0.835. The lowest BCUT2D eigenvalue weighted by atomic mass is 10.2. The molecule has 0 saturated heterocycles. The zero-order valence-electron chi connectivity index (χ0n) is 9.52. The number of hydrogen-bond acceptors (Lipinski definition) is 3. The summed E-state index contributed by atoms with van der Waals surface area (Å²) in [6.07, 6.45) is 4.09. The van der Waals surface area contributed by atoms with Crippen molar-refractivity contribution in [1.29, 1.82) is 0 Å². The van der Waals surface area contributed by atoms with E-state index in [2.05, 4.69) is 4.98 Å². The Morgan fingerprint density at radius 2 is 2.38 bits per heavy atom. The molecule has 1 aromatic heterocycles. The zero-order chi connectivity index (χ0) is 11.5. The Bertz CT molecular complexity index is 388. The van der Waals surface area contributed by atoms with E-state index in [-0.39, 0.29) is 5.91 Å². The van der Waals surface area contributed by atoms with E-state index < -0.39 is 0 Å². The van der Waals surface area contributed by atoms with E-state index in [0.717, 1.165) is 13.1 Å². The lowest BCUT2D eigenvalue weighted by Gasteiger charge is -2.21. The molecule has 4 heteroatoms. The molecule has 1 amide bonds. The van der Waals surface area contributed by atoms with E-state index in [1.54, 1.807) is 18.3 Å². The highest BCUT2D eigenvalue weighted by Crippen LogP contribution is 2.30. The third-order valence-corrected chi connectivity index (χ3v) is 2.91. The number of rotatable bonds is 4. The summed E-state index contributed by atoms with van der Waals surface area (Å²) in [4.78, 5) is 18.0. The summed E-state index contributed by atoms with van der Waals surface area (Å²) in [7, 11) is 0. The molecule has 0 aliphatic heterocycles.